The summed E-state index contributed by atoms with van der Waals surface area (Å²) < 4.78 is 34.9. The molecular formula is C48H39FIrN2SSi-2. The van der Waals surface area contributed by atoms with Crippen LogP contribution < -0.4 is 5.19 Å². The molecule has 0 unspecified atom stereocenters. The summed E-state index contributed by atoms with van der Waals surface area (Å²) in [6, 6.07) is 46.5. The van der Waals surface area contributed by atoms with Crippen LogP contribution in [-0.2, 0) is 26.5 Å². The van der Waals surface area contributed by atoms with E-state index < -0.39 is 20.3 Å². The zero-order chi connectivity index (χ0) is 38.5. The van der Waals surface area contributed by atoms with Crippen LogP contribution in [0.1, 0.15) is 25.0 Å². The Bertz CT molecular complexity index is 2850. The summed E-state index contributed by atoms with van der Waals surface area (Å²) in [5, 5.41) is 8.51. The Labute approximate surface area is 337 Å². The van der Waals surface area contributed by atoms with Crippen molar-refractivity contribution in [2.75, 3.05) is 0 Å². The average molecular weight is 917 g/mol. The normalized spacial score (nSPS) is 12.3. The molecule has 0 N–H and O–H groups in total. The third kappa shape index (κ3) is 7.45. The van der Waals surface area contributed by atoms with Gasteiger partial charge >= 0.3 is 0 Å². The number of rotatable bonds is 5. The van der Waals surface area contributed by atoms with Gasteiger partial charge in [-0.2, -0.15) is 11.3 Å². The largest absolute Gasteiger partial charge is 0.305 e. The summed E-state index contributed by atoms with van der Waals surface area (Å²) >= 11 is 1.69. The molecule has 3 aromatic heterocycles. The minimum atomic E-state index is -2.02. The monoisotopic (exact) mass is 917 g/mol. The third-order valence-corrected chi connectivity index (χ3v) is 12.9. The first-order chi connectivity index (χ1) is 26.4. The van der Waals surface area contributed by atoms with Gasteiger partial charge in [0.05, 0.1) is 14.3 Å². The molecule has 0 fully saturated rings. The Kier molecular flexibility index (Phi) is 10.0. The first-order valence-corrected chi connectivity index (χ1v) is 22.1. The Balaban J connectivity index is 0.000000238. The van der Waals surface area contributed by atoms with Crippen molar-refractivity contribution in [1.82, 2.24) is 9.97 Å². The fourth-order valence-electron chi connectivity index (χ4n) is 6.74. The molecule has 0 amide bonds. The van der Waals surface area contributed by atoms with Gasteiger partial charge in [-0.05, 0) is 79.6 Å². The van der Waals surface area contributed by atoms with Gasteiger partial charge in [0, 0.05) is 33.7 Å². The second-order valence-electron chi connectivity index (χ2n) is 14.5. The average Bonchev–Trinajstić information content (AvgIpc) is 3.59. The standard InChI is InChI=1S/C34H23FNS.C14H16NSi.Ir/c1-20-10-13-22(14-11-20)17-23-18-31(36-19-30(23)35)27-8-5-9-28-32-25-7-4-3-6-24(25)29-16-21(2)12-15-26(29)34(32)37-33(27)28;1-16(2,3)13-9-10-14(15-11-13)12-7-5-4-6-8-12;/h3-7,9-16,18-19H,17H2,1-2H3;4-7,9-11H,1-3H3;/q2*-1;/i17D2;;. The smallest absolute Gasteiger partial charge is 0.143 e. The number of halogens is 1. The summed E-state index contributed by atoms with van der Waals surface area (Å²) in [5.41, 5.74) is 5.92. The Morgan fingerprint density at radius 3 is 2.13 bits per heavy atom. The van der Waals surface area contributed by atoms with Crippen LogP contribution in [0.25, 0.3) is 64.2 Å². The summed E-state index contributed by atoms with van der Waals surface area (Å²) in [6.45, 7) is 11.1. The van der Waals surface area contributed by atoms with E-state index in [9.17, 15) is 0 Å². The van der Waals surface area contributed by atoms with Gasteiger partial charge in [-0.3, -0.25) is 0 Å². The van der Waals surface area contributed by atoms with Crippen molar-refractivity contribution in [3.8, 4) is 22.5 Å². The van der Waals surface area contributed by atoms with Crippen LogP contribution in [0.5, 0.6) is 0 Å². The van der Waals surface area contributed by atoms with Gasteiger partial charge in [0.1, 0.15) is 5.82 Å². The van der Waals surface area contributed by atoms with Crippen LogP contribution in [0.15, 0.2) is 134 Å². The van der Waals surface area contributed by atoms with E-state index in [1.54, 1.807) is 29.5 Å². The molecule has 6 aromatic carbocycles. The molecule has 269 valence electrons. The van der Waals surface area contributed by atoms with Crippen LogP contribution in [-0.4, -0.2) is 18.0 Å². The van der Waals surface area contributed by atoms with Crippen LogP contribution in [0.2, 0.25) is 19.6 Å². The van der Waals surface area contributed by atoms with E-state index >= 15 is 4.39 Å². The van der Waals surface area contributed by atoms with Crippen molar-refractivity contribution in [1.29, 1.82) is 0 Å². The van der Waals surface area contributed by atoms with Gasteiger partial charge in [-0.25, -0.2) is 4.39 Å². The molecular weight excluding hydrogens is 876 g/mol. The maximum atomic E-state index is 15.1. The van der Waals surface area contributed by atoms with E-state index in [0.29, 0.717) is 11.3 Å². The van der Waals surface area contributed by atoms with Crippen LogP contribution in [0.3, 0.4) is 0 Å². The zero-order valence-electron chi connectivity index (χ0n) is 32.7. The predicted octanol–water partition coefficient (Wildman–Crippen LogP) is 12.7. The number of benzene rings is 6. The van der Waals surface area contributed by atoms with E-state index in [2.05, 4.69) is 109 Å². The van der Waals surface area contributed by atoms with Crippen molar-refractivity contribution in [3.63, 3.8) is 0 Å². The van der Waals surface area contributed by atoms with Crippen molar-refractivity contribution < 1.29 is 27.2 Å². The SMILES string of the molecule is C[Si](C)(C)c1ccc(-c2[c-]cccc2)nc1.[2H]C([2H])(c1ccc(C)cc1)c1cc(-c2[c-]ccc3c2sc2c4ccc(C)cc4c4ccccc4c32)ncc1F.[Ir]. The minimum Gasteiger partial charge on any atom is -0.305 e. The van der Waals surface area contributed by atoms with E-state index in [0.717, 1.165) is 38.7 Å². The quantitative estimate of drug-likeness (QED) is 0.0977. The summed E-state index contributed by atoms with van der Waals surface area (Å²) in [7, 11) is -1.23. The number of thiophene rings is 1. The Morgan fingerprint density at radius 2 is 1.41 bits per heavy atom. The van der Waals surface area contributed by atoms with Crippen molar-refractivity contribution >= 4 is 66.3 Å². The van der Waals surface area contributed by atoms with E-state index in [4.69, 9.17) is 2.74 Å². The summed E-state index contributed by atoms with van der Waals surface area (Å²) in [5.74, 6) is -0.666. The first-order valence-electron chi connectivity index (χ1n) is 18.8. The topological polar surface area (TPSA) is 25.8 Å². The molecule has 9 aromatic rings. The van der Waals surface area contributed by atoms with E-state index in [-0.39, 0.29) is 25.7 Å². The maximum absolute atomic E-state index is 15.1. The second kappa shape index (κ2) is 15.5. The van der Waals surface area contributed by atoms with Gasteiger partial charge in [0.15, 0.2) is 0 Å². The van der Waals surface area contributed by atoms with Gasteiger partial charge in [-0.1, -0.05) is 121 Å². The van der Waals surface area contributed by atoms with Gasteiger partial charge in [0.2, 0.25) is 0 Å². The summed E-state index contributed by atoms with van der Waals surface area (Å²) in [4.78, 5) is 8.94. The van der Waals surface area contributed by atoms with Crippen LogP contribution >= 0.6 is 11.3 Å². The summed E-state index contributed by atoms with van der Waals surface area (Å²) in [6.07, 6.45) is 1.13. The van der Waals surface area contributed by atoms with Crippen molar-refractivity contribution in [2.45, 2.75) is 39.9 Å². The van der Waals surface area contributed by atoms with Crippen LogP contribution in [0.4, 0.5) is 4.39 Å². The molecule has 3 heterocycles. The molecule has 0 aliphatic rings. The number of aromatic nitrogens is 2. The van der Waals surface area contributed by atoms with E-state index in [1.165, 1.54) is 42.4 Å². The van der Waals surface area contributed by atoms with Gasteiger partial charge < -0.3 is 9.97 Å². The van der Waals surface area contributed by atoms with Crippen molar-refractivity contribution in [2.24, 2.45) is 0 Å². The molecule has 1 radical (unpaired) electrons. The zero-order valence-corrected chi connectivity index (χ0v) is 34.9. The number of hydrogen-bond acceptors (Lipinski definition) is 3. The van der Waals surface area contributed by atoms with E-state index in [1.807, 2.05) is 55.6 Å². The molecule has 6 heteroatoms. The second-order valence-corrected chi connectivity index (χ2v) is 20.6. The van der Waals surface area contributed by atoms with Gasteiger partial charge in [0.25, 0.3) is 0 Å². The van der Waals surface area contributed by atoms with Crippen LogP contribution in [0, 0.1) is 31.8 Å². The molecule has 0 spiro atoms. The number of hydrogen-bond donors (Lipinski definition) is 0. The molecule has 9 rings (SSSR count). The van der Waals surface area contributed by atoms with Gasteiger partial charge in [-0.15, -0.1) is 59.7 Å². The third-order valence-electron chi connectivity index (χ3n) is 9.61. The fraction of sp³-hybridized carbons (Fsp3) is 0.125. The Hall–Kier alpha value is -4.84. The molecule has 0 saturated heterocycles. The molecule has 0 aliphatic heterocycles. The maximum Gasteiger partial charge on any atom is 0.143 e. The molecule has 0 aliphatic carbocycles. The molecule has 0 atom stereocenters. The minimum absolute atomic E-state index is 0. The number of aryl methyl sites for hydroxylation is 2. The number of nitrogens with zero attached hydrogens (tertiary/aromatic N) is 2. The molecule has 54 heavy (non-hydrogen) atoms. The fourth-order valence-corrected chi connectivity index (χ4v) is 9.13. The Morgan fingerprint density at radius 1 is 0.667 bits per heavy atom. The van der Waals surface area contributed by atoms with Crippen molar-refractivity contribution in [3.05, 3.63) is 174 Å². The first kappa shape index (κ1) is 34.9. The molecule has 0 saturated carbocycles. The number of fused-ring (bicyclic) bond motifs is 8. The molecule has 2 nitrogen and oxygen atoms in total. The molecule has 0 bridgehead atoms. The predicted molar refractivity (Wildman–Crippen MR) is 227 cm³/mol. The number of pyridine rings is 2.